The van der Waals surface area contributed by atoms with Crippen LogP contribution in [0.25, 0.3) is 0 Å². The molecule has 1 saturated heterocycles. The van der Waals surface area contributed by atoms with Crippen molar-refractivity contribution in [2.45, 2.75) is 52.2 Å². The molecule has 0 radical (unpaired) electrons. The first-order valence-corrected chi connectivity index (χ1v) is 8.23. The van der Waals surface area contributed by atoms with Crippen LogP contribution in [0.2, 0.25) is 0 Å². The first-order chi connectivity index (χ1) is 10.0. The molecular formula is C16H30N2O3. The summed E-state index contributed by atoms with van der Waals surface area (Å²) in [6.45, 7) is 8.10. The van der Waals surface area contributed by atoms with Crippen LogP contribution in [0.1, 0.15) is 40.0 Å². The number of carbonyl (C=O) groups is 1. The van der Waals surface area contributed by atoms with E-state index in [1.54, 1.807) is 7.11 Å². The molecule has 1 saturated carbocycles. The van der Waals surface area contributed by atoms with E-state index in [-0.39, 0.29) is 36.1 Å². The van der Waals surface area contributed by atoms with E-state index in [0.29, 0.717) is 12.5 Å². The van der Waals surface area contributed by atoms with Gasteiger partial charge >= 0.3 is 6.03 Å². The van der Waals surface area contributed by atoms with Gasteiger partial charge in [-0.3, -0.25) is 0 Å². The maximum atomic E-state index is 12.5. The van der Waals surface area contributed by atoms with E-state index in [4.69, 9.17) is 4.74 Å². The smallest absolute Gasteiger partial charge is 0.317 e. The Morgan fingerprint density at radius 1 is 1.43 bits per heavy atom. The molecule has 0 aromatic carbocycles. The molecule has 5 nitrogen and oxygen atoms in total. The zero-order valence-corrected chi connectivity index (χ0v) is 13.8. The van der Waals surface area contributed by atoms with E-state index >= 15 is 0 Å². The van der Waals surface area contributed by atoms with Gasteiger partial charge in [0.15, 0.2) is 0 Å². The van der Waals surface area contributed by atoms with Gasteiger partial charge in [-0.15, -0.1) is 0 Å². The van der Waals surface area contributed by atoms with Gasteiger partial charge in [-0.05, 0) is 19.3 Å². The van der Waals surface area contributed by atoms with Crippen molar-refractivity contribution in [1.29, 1.82) is 0 Å². The Balaban J connectivity index is 2.00. The lowest BCUT2D eigenvalue weighted by Crippen LogP contribution is -2.70. The molecule has 2 aliphatic rings. The number of nitrogens with zero attached hydrogens (tertiary/aromatic N) is 1. The fourth-order valence-corrected chi connectivity index (χ4v) is 4.49. The standard InChI is InChI=1S/C16H30N2O3/c1-5-16(6-2)13(11(3)14(16)21-4)17-15(20)18-8-7-12(9-18)10-19/h11-14,19H,5-10H2,1-4H3,(H,17,20). The van der Waals surface area contributed by atoms with Crippen molar-refractivity contribution in [3.8, 4) is 0 Å². The van der Waals surface area contributed by atoms with Crippen LogP contribution in [0.4, 0.5) is 4.79 Å². The Labute approximate surface area is 128 Å². The second kappa shape index (κ2) is 6.53. The van der Waals surface area contributed by atoms with Crippen molar-refractivity contribution in [3.63, 3.8) is 0 Å². The van der Waals surface area contributed by atoms with Crippen molar-refractivity contribution in [2.75, 3.05) is 26.8 Å². The number of nitrogens with one attached hydrogen (secondary N) is 1. The molecule has 0 aromatic rings. The summed E-state index contributed by atoms with van der Waals surface area (Å²) in [5.41, 5.74) is 0.0555. The van der Waals surface area contributed by atoms with E-state index in [9.17, 15) is 9.90 Å². The van der Waals surface area contributed by atoms with E-state index < -0.39 is 0 Å². The summed E-state index contributed by atoms with van der Waals surface area (Å²) in [5.74, 6) is 0.582. The van der Waals surface area contributed by atoms with Crippen LogP contribution in [-0.4, -0.2) is 55.0 Å². The number of aliphatic hydroxyl groups excluding tert-OH is 1. The van der Waals surface area contributed by atoms with Crippen LogP contribution in [0, 0.1) is 17.3 Å². The fraction of sp³-hybridized carbons (Fsp3) is 0.938. The molecule has 2 amide bonds. The topological polar surface area (TPSA) is 61.8 Å². The van der Waals surface area contributed by atoms with Crippen LogP contribution < -0.4 is 5.32 Å². The maximum absolute atomic E-state index is 12.5. The summed E-state index contributed by atoms with van der Waals surface area (Å²) < 4.78 is 5.67. The SMILES string of the molecule is CCC1(CC)C(NC(=O)N2CCC(CO)C2)C(C)C1OC. The average Bonchev–Trinajstić information content (AvgIpc) is 2.98. The van der Waals surface area contributed by atoms with E-state index in [2.05, 4.69) is 26.1 Å². The zero-order valence-electron chi connectivity index (χ0n) is 13.8. The summed E-state index contributed by atoms with van der Waals surface area (Å²) in [6.07, 6.45) is 3.14. The number of hydrogen-bond donors (Lipinski definition) is 2. The minimum absolute atomic E-state index is 0.0172. The zero-order chi connectivity index (χ0) is 15.6. The Morgan fingerprint density at radius 2 is 2.10 bits per heavy atom. The molecule has 2 N–H and O–H groups in total. The number of likely N-dealkylation sites (tertiary alicyclic amines) is 1. The highest BCUT2D eigenvalue weighted by Crippen LogP contribution is 2.52. The molecular weight excluding hydrogens is 268 g/mol. The van der Waals surface area contributed by atoms with Gasteiger partial charge in [0.25, 0.3) is 0 Å². The highest BCUT2D eigenvalue weighted by Gasteiger charge is 2.59. The number of hydrogen-bond acceptors (Lipinski definition) is 3. The molecule has 1 aliphatic carbocycles. The number of aliphatic hydroxyl groups is 1. The monoisotopic (exact) mass is 298 g/mol. The lowest BCUT2D eigenvalue weighted by atomic mass is 9.53. The van der Waals surface area contributed by atoms with Gasteiger partial charge < -0.3 is 20.1 Å². The Kier molecular flexibility index (Phi) is 5.15. The molecule has 0 bridgehead atoms. The van der Waals surface area contributed by atoms with Crippen LogP contribution in [0.5, 0.6) is 0 Å². The number of urea groups is 1. The first kappa shape index (κ1) is 16.6. The van der Waals surface area contributed by atoms with Crippen molar-refractivity contribution in [3.05, 3.63) is 0 Å². The summed E-state index contributed by atoms with van der Waals surface area (Å²) in [7, 11) is 1.77. The largest absolute Gasteiger partial charge is 0.396 e. The quantitative estimate of drug-likeness (QED) is 0.814. The summed E-state index contributed by atoms with van der Waals surface area (Å²) in [4.78, 5) is 14.3. The number of methoxy groups -OCH3 is 1. The summed E-state index contributed by atoms with van der Waals surface area (Å²) in [6, 6.07) is 0.196. The fourth-order valence-electron chi connectivity index (χ4n) is 4.49. The van der Waals surface area contributed by atoms with Gasteiger partial charge in [0.1, 0.15) is 0 Å². The predicted octanol–water partition coefficient (Wildman–Crippen LogP) is 1.85. The molecule has 5 heteroatoms. The third-order valence-corrected chi connectivity index (χ3v) is 5.87. The molecule has 4 unspecified atom stereocenters. The number of rotatable bonds is 5. The van der Waals surface area contributed by atoms with Crippen molar-refractivity contribution in [1.82, 2.24) is 10.2 Å². The third kappa shape index (κ3) is 2.66. The minimum atomic E-state index is 0.0172. The predicted molar refractivity (Wildman–Crippen MR) is 82.1 cm³/mol. The third-order valence-electron chi connectivity index (χ3n) is 5.87. The Hall–Kier alpha value is -0.810. The van der Waals surface area contributed by atoms with Crippen molar-refractivity contribution < 1.29 is 14.6 Å². The number of carbonyl (C=O) groups excluding carboxylic acids is 1. The summed E-state index contributed by atoms with van der Waals surface area (Å²) in [5, 5.41) is 12.4. The van der Waals surface area contributed by atoms with Crippen LogP contribution in [0.3, 0.4) is 0 Å². The molecule has 4 atom stereocenters. The molecule has 2 fully saturated rings. The minimum Gasteiger partial charge on any atom is -0.396 e. The van der Waals surface area contributed by atoms with Gasteiger partial charge in [0.2, 0.25) is 0 Å². The highest BCUT2D eigenvalue weighted by atomic mass is 16.5. The van der Waals surface area contributed by atoms with Gasteiger partial charge in [0, 0.05) is 50.1 Å². The number of ether oxygens (including phenoxy) is 1. The van der Waals surface area contributed by atoms with Gasteiger partial charge in [-0.1, -0.05) is 20.8 Å². The molecule has 0 aromatic heterocycles. The van der Waals surface area contributed by atoms with Gasteiger partial charge in [0.05, 0.1) is 6.10 Å². The highest BCUT2D eigenvalue weighted by molar-refractivity contribution is 5.75. The number of amides is 2. The molecule has 0 spiro atoms. The van der Waals surface area contributed by atoms with E-state index in [1.165, 1.54) is 0 Å². The second-order valence-electron chi connectivity index (χ2n) is 6.67. The van der Waals surface area contributed by atoms with Crippen molar-refractivity contribution >= 4 is 6.03 Å². The lowest BCUT2D eigenvalue weighted by Gasteiger charge is -2.59. The van der Waals surface area contributed by atoms with Gasteiger partial charge in [-0.2, -0.15) is 0 Å². The molecule has 122 valence electrons. The van der Waals surface area contributed by atoms with Crippen LogP contribution >= 0.6 is 0 Å². The first-order valence-electron chi connectivity index (χ1n) is 8.23. The van der Waals surface area contributed by atoms with Crippen LogP contribution in [-0.2, 0) is 4.74 Å². The lowest BCUT2D eigenvalue weighted by molar-refractivity contribution is -0.164. The molecule has 21 heavy (non-hydrogen) atoms. The van der Waals surface area contributed by atoms with E-state index in [1.807, 2.05) is 4.90 Å². The normalized spacial score (nSPS) is 34.6. The second-order valence-corrected chi connectivity index (χ2v) is 6.67. The van der Waals surface area contributed by atoms with Crippen molar-refractivity contribution in [2.24, 2.45) is 17.3 Å². The Bertz CT molecular complexity index is 371. The summed E-state index contributed by atoms with van der Waals surface area (Å²) >= 11 is 0. The molecule has 1 aliphatic heterocycles. The molecule has 1 heterocycles. The van der Waals surface area contributed by atoms with E-state index in [0.717, 1.165) is 25.8 Å². The maximum Gasteiger partial charge on any atom is 0.317 e. The van der Waals surface area contributed by atoms with Gasteiger partial charge in [-0.25, -0.2) is 4.79 Å². The average molecular weight is 298 g/mol. The van der Waals surface area contributed by atoms with Crippen LogP contribution in [0.15, 0.2) is 0 Å². The molecule has 2 rings (SSSR count). The Morgan fingerprint density at radius 3 is 2.57 bits per heavy atom.